The first-order valence-corrected chi connectivity index (χ1v) is 10.7. The van der Waals surface area contributed by atoms with Gasteiger partial charge in [0, 0.05) is 42.7 Å². The van der Waals surface area contributed by atoms with Gasteiger partial charge in [-0.15, -0.1) is 0 Å². The van der Waals surface area contributed by atoms with Crippen molar-refractivity contribution >= 4 is 29.3 Å². The van der Waals surface area contributed by atoms with Gasteiger partial charge in [-0.3, -0.25) is 9.59 Å². The molecular formula is C22H23FN2O2S. The lowest BCUT2D eigenvalue weighted by atomic mass is 10.1. The molecule has 0 radical (unpaired) electrons. The highest BCUT2D eigenvalue weighted by atomic mass is 32.2. The summed E-state index contributed by atoms with van der Waals surface area (Å²) in [5.41, 5.74) is 1.96. The van der Waals surface area contributed by atoms with E-state index < -0.39 is 0 Å². The molecule has 2 aliphatic heterocycles. The van der Waals surface area contributed by atoms with Gasteiger partial charge in [0.05, 0.1) is 5.92 Å². The summed E-state index contributed by atoms with van der Waals surface area (Å²) < 4.78 is 13.1. The second-order valence-corrected chi connectivity index (χ2v) is 8.58. The summed E-state index contributed by atoms with van der Waals surface area (Å²) in [6, 6.07) is 16.3. The van der Waals surface area contributed by atoms with Crippen molar-refractivity contribution in [3.05, 3.63) is 66.0 Å². The van der Waals surface area contributed by atoms with E-state index in [9.17, 15) is 14.0 Å². The van der Waals surface area contributed by atoms with Gasteiger partial charge in [0.25, 0.3) is 0 Å². The Morgan fingerprint density at radius 1 is 1.04 bits per heavy atom. The molecule has 146 valence electrons. The number of hydrogen-bond donors (Lipinski definition) is 0. The van der Waals surface area contributed by atoms with Crippen molar-refractivity contribution in [1.82, 2.24) is 4.90 Å². The number of halogens is 1. The quantitative estimate of drug-likeness (QED) is 0.788. The van der Waals surface area contributed by atoms with E-state index in [2.05, 4.69) is 24.3 Å². The molecule has 0 saturated carbocycles. The third kappa shape index (κ3) is 4.07. The smallest absolute Gasteiger partial charge is 0.228 e. The summed E-state index contributed by atoms with van der Waals surface area (Å²) in [7, 11) is 0. The number of thioether (sulfide) groups is 1. The van der Waals surface area contributed by atoms with E-state index in [1.165, 1.54) is 17.7 Å². The van der Waals surface area contributed by atoms with Crippen LogP contribution in [0.4, 0.5) is 10.1 Å². The predicted octanol–water partition coefficient (Wildman–Crippen LogP) is 3.89. The van der Waals surface area contributed by atoms with Gasteiger partial charge >= 0.3 is 0 Å². The van der Waals surface area contributed by atoms with Gasteiger partial charge in [-0.25, -0.2) is 4.39 Å². The number of carbonyl (C=O) groups excluding carboxylic acids is 2. The van der Waals surface area contributed by atoms with Crippen molar-refractivity contribution in [2.45, 2.75) is 18.1 Å². The fraction of sp³-hybridized carbons (Fsp3) is 0.364. The van der Waals surface area contributed by atoms with E-state index in [0.717, 1.165) is 12.2 Å². The first-order valence-electron chi connectivity index (χ1n) is 9.63. The molecule has 6 heteroatoms. The molecule has 2 aromatic carbocycles. The van der Waals surface area contributed by atoms with E-state index in [1.807, 2.05) is 22.7 Å². The molecule has 4 rings (SSSR count). The Morgan fingerprint density at radius 3 is 2.54 bits per heavy atom. The van der Waals surface area contributed by atoms with Crippen LogP contribution in [0.25, 0.3) is 0 Å². The lowest BCUT2D eigenvalue weighted by Crippen LogP contribution is -2.38. The average Bonchev–Trinajstić information content (AvgIpc) is 2.95. The lowest BCUT2D eigenvalue weighted by molar-refractivity contribution is -0.135. The molecule has 2 amide bonds. The normalized spacial score (nSPS) is 23.0. The minimum absolute atomic E-state index is 0.0623. The summed E-state index contributed by atoms with van der Waals surface area (Å²) in [5, 5.41) is 0.403. The Labute approximate surface area is 168 Å². The van der Waals surface area contributed by atoms with Crippen LogP contribution in [0.15, 0.2) is 54.6 Å². The fourth-order valence-electron chi connectivity index (χ4n) is 3.93. The van der Waals surface area contributed by atoms with E-state index in [0.29, 0.717) is 30.6 Å². The van der Waals surface area contributed by atoms with Crippen molar-refractivity contribution in [3.63, 3.8) is 0 Å². The van der Waals surface area contributed by atoms with Crippen LogP contribution in [0.2, 0.25) is 0 Å². The van der Waals surface area contributed by atoms with Gasteiger partial charge < -0.3 is 9.80 Å². The first-order chi connectivity index (χ1) is 13.6. The van der Waals surface area contributed by atoms with Crippen LogP contribution in [0.5, 0.6) is 0 Å². The SMILES string of the molecule is O=C(C1CC(=O)N(c2ccc(F)cc2)C1)N1CCSC(c2ccccc2)CC1. The molecule has 2 saturated heterocycles. The molecule has 2 aliphatic rings. The van der Waals surface area contributed by atoms with Gasteiger partial charge in [-0.2, -0.15) is 11.8 Å². The van der Waals surface area contributed by atoms with Gasteiger partial charge in [-0.1, -0.05) is 30.3 Å². The minimum Gasteiger partial charge on any atom is -0.342 e. The molecule has 4 nitrogen and oxygen atoms in total. The maximum atomic E-state index is 13.1. The van der Waals surface area contributed by atoms with Crippen molar-refractivity contribution in [2.75, 3.05) is 30.3 Å². The zero-order valence-electron chi connectivity index (χ0n) is 15.6. The van der Waals surface area contributed by atoms with Crippen LogP contribution in [0.1, 0.15) is 23.7 Å². The molecular weight excluding hydrogens is 375 g/mol. The van der Waals surface area contributed by atoms with Crippen molar-refractivity contribution < 1.29 is 14.0 Å². The second kappa shape index (κ2) is 8.35. The second-order valence-electron chi connectivity index (χ2n) is 7.27. The predicted molar refractivity (Wildman–Crippen MR) is 110 cm³/mol. The van der Waals surface area contributed by atoms with Gasteiger partial charge in [0.15, 0.2) is 0 Å². The molecule has 2 atom stereocenters. The molecule has 0 N–H and O–H groups in total. The molecule has 0 aromatic heterocycles. The largest absolute Gasteiger partial charge is 0.342 e. The van der Waals surface area contributed by atoms with E-state index in [1.54, 1.807) is 17.0 Å². The maximum absolute atomic E-state index is 13.1. The van der Waals surface area contributed by atoms with Gasteiger partial charge in [0.1, 0.15) is 5.82 Å². The summed E-state index contributed by atoms with van der Waals surface area (Å²) in [6.45, 7) is 1.80. The Hall–Kier alpha value is -2.34. The standard InChI is InChI=1S/C22H23FN2O2S/c23-18-6-8-19(9-7-18)25-15-17(14-21(25)26)22(27)24-11-10-20(28-13-12-24)16-4-2-1-3-5-16/h1-9,17,20H,10-15H2. The van der Waals surface area contributed by atoms with Crippen molar-refractivity contribution in [3.8, 4) is 0 Å². The van der Waals surface area contributed by atoms with Crippen LogP contribution in [-0.2, 0) is 9.59 Å². The monoisotopic (exact) mass is 398 g/mol. The van der Waals surface area contributed by atoms with Crippen molar-refractivity contribution in [1.29, 1.82) is 0 Å². The summed E-state index contributed by atoms with van der Waals surface area (Å²) in [5.74, 6) is 0.227. The number of benzene rings is 2. The number of rotatable bonds is 3. The number of carbonyl (C=O) groups is 2. The molecule has 0 spiro atoms. The van der Waals surface area contributed by atoms with E-state index >= 15 is 0 Å². The minimum atomic E-state index is -0.335. The average molecular weight is 399 g/mol. The number of hydrogen-bond acceptors (Lipinski definition) is 3. The molecule has 2 aromatic rings. The van der Waals surface area contributed by atoms with Crippen LogP contribution in [-0.4, -0.2) is 42.1 Å². The number of nitrogens with zero attached hydrogens (tertiary/aromatic N) is 2. The fourth-order valence-corrected chi connectivity index (χ4v) is 5.16. The lowest BCUT2D eigenvalue weighted by Gasteiger charge is -2.24. The third-order valence-electron chi connectivity index (χ3n) is 5.44. The molecule has 2 fully saturated rings. The van der Waals surface area contributed by atoms with Crippen LogP contribution in [0.3, 0.4) is 0 Å². The summed E-state index contributed by atoms with van der Waals surface area (Å²) in [6.07, 6.45) is 1.14. The third-order valence-corrected chi connectivity index (χ3v) is 6.77. The topological polar surface area (TPSA) is 40.6 Å². The summed E-state index contributed by atoms with van der Waals surface area (Å²) in [4.78, 5) is 29.0. The van der Waals surface area contributed by atoms with E-state index in [4.69, 9.17) is 0 Å². The highest BCUT2D eigenvalue weighted by Crippen LogP contribution is 2.35. The van der Waals surface area contributed by atoms with Crippen LogP contribution >= 0.6 is 11.8 Å². The Morgan fingerprint density at radius 2 is 1.79 bits per heavy atom. The van der Waals surface area contributed by atoms with Crippen LogP contribution < -0.4 is 4.90 Å². The molecule has 0 bridgehead atoms. The number of anilines is 1. The molecule has 28 heavy (non-hydrogen) atoms. The van der Waals surface area contributed by atoms with Gasteiger partial charge in [0.2, 0.25) is 11.8 Å². The van der Waals surface area contributed by atoms with E-state index in [-0.39, 0.29) is 30.0 Å². The highest BCUT2D eigenvalue weighted by molar-refractivity contribution is 7.99. The summed E-state index contributed by atoms with van der Waals surface area (Å²) >= 11 is 1.89. The van der Waals surface area contributed by atoms with Crippen molar-refractivity contribution in [2.24, 2.45) is 5.92 Å². The Kier molecular flexibility index (Phi) is 5.67. The van der Waals surface area contributed by atoms with Crippen LogP contribution in [0, 0.1) is 11.7 Å². The molecule has 2 unspecified atom stereocenters. The zero-order chi connectivity index (χ0) is 19.5. The highest BCUT2D eigenvalue weighted by Gasteiger charge is 2.37. The maximum Gasteiger partial charge on any atom is 0.228 e. The first kappa shape index (κ1) is 19.0. The van der Waals surface area contributed by atoms with Gasteiger partial charge in [-0.05, 0) is 36.2 Å². The zero-order valence-corrected chi connectivity index (χ0v) is 16.4. The Balaban J connectivity index is 1.39. The Bertz CT molecular complexity index is 843. The number of amides is 2. The molecule has 2 heterocycles. The molecule has 0 aliphatic carbocycles.